The van der Waals surface area contributed by atoms with E-state index in [4.69, 9.17) is 5.11 Å². The SMILES string of the molecule is C/C(=C\C(=O)O)CNC(C)Cc1ccccc1. The van der Waals surface area contributed by atoms with Crippen LogP contribution in [0, 0.1) is 0 Å². The number of hydrogen-bond acceptors (Lipinski definition) is 2. The smallest absolute Gasteiger partial charge is 0.328 e. The first-order valence-electron chi connectivity index (χ1n) is 5.75. The number of nitrogens with one attached hydrogen (secondary N) is 1. The van der Waals surface area contributed by atoms with Crippen LogP contribution >= 0.6 is 0 Å². The van der Waals surface area contributed by atoms with E-state index in [1.807, 2.05) is 25.1 Å². The minimum Gasteiger partial charge on any atom is -0.478 e. The Morgan fingerprint density at radius 1 is 1.41 bits per heavy atom. The van der Waals surface area contributed by atoms with Crippen LogP contribution in [0.15, 0.2) is 42.0 Å². The van der Waals surface area contributed by atoms with Crippen LogP contribution in [0.3, 0.4) is 0 Å². The summed E-state index contributed by atoms with van der Waals surface area (Å²) in [6.07, 6.45) is 2.18. The molecule has 0 aliphatic heterocycles. The Kier molecular flexibility index (Phi) is 5.43. The first-order valence-corrected chi connectivity index (χ1v) is 5.75. The van der Waals surface area contributed by atoms with Crippen molar-refractivity contribution in [3.05, 3.63) is 47.5 Å². The second kappa shape index (κ2) is 6.86. The molecule has 17 heavy (non-hydrogen) atoms. The molecule has 1 atom stereocenters. The molecule has 0 fully saturated rings. The fourth-order valence-corrected chi connectivity index (χ4v) is 1.64. The molecule has 0 spiro atoms. The Bertz CT molecular complexity index is 384. The van der Waals surface area contributed by atoms with E-state index in [2.05, 4.69) is 24.4 Å². The second-order valence-corrected chi connectivity index (χ2v) is 4.30. The molecule has 0 aliphatic carbocycles. The summed E-state index contributed by atoms with van der Waals surface area (Å²) in [5.74, 6) is -0.889. The van der Waals surface area contributed by atoms with Crippen molar-refractivity contribution in [3.8, 4) is 0 Å². The first-order chi connectivity index (χ1) is 8.08. The molecular weight excluding hydrogens is 214 g/mol. The molecule has 3 nitrogen and oxygen atoms in total. The average Bonchev–Trinajstić information content (AvgIpc) is 2.27. The normalized spacial score (nSPS) is 13.4. The highest BCUT2D eigenvalue weighted by Gasteiger charge is 2.03. The highest BCUT2D eigenvalue weighted by Crippen LogP contribution is 2.03. The van der Waals surface area contributed by atoms with E-state index in [1.54, 1.807) is 0 Å². The Morgan fingerprint density at radius 2 is 2.06 bits per heavy atom. The van der Waals surface area contributed by atoms with Crippen LogP contribution < -0.4 is 5.32 Å². The van der Waals surface area contributed by atoms with Crippen molar-refractivity contribution in [1.29, 1.82) is 0 Å². The van der Waals surface area contributed by atoms with E-state index in [1.165, 1.54) is 11.6 Å². The number of carbonyl (C=O) groups is 1. The molecule has 92 valence electrons. The van der Waals surface area contributed by atoms with Gasteiger partial charge in [0.25, 0.3) is 0 Å². The van der Waals surface area contributed by atoms with Crippen LogP contribution in [0.4, 0.5) is 0 Å². The van der Waals surface area contributed by atoms with Crippen molar-refractivity contribution in [3.63, 3.8) is 0 Å². The van der Waals surface area contributed by atoms with Gasteiger partial charge in [0.15, 0.2) is 0 Å². The van der Waals surface area contributed by atoms with Crippen LogP contribution in [0.1, 0.15) is 19.4 Å². The van der Waals surface area contributed by atoms with Crippen LogP contribution in [0.25, 0.3) is 0 Å². The van der Waals surface area contributed by atoms with E-state index in [0.29, 0.717) is 12.6 Å². The van der Waals surface area contributed by atoms with Gasteiger partial charge in [-0.15, -0.1) is 0 Å². The highest BCUT2D eigenvalue weighted by molar-refractivity contribution is 5.80. The molecule has 3 heteroatoms. The molecule has 0 saturated heterocycles. The minimum absolute atomic E-state index is 0.328. The van der Waals surface area contributed by atoms with Crippen LogP contribution in [-0.2, 0) is 11.2 Å². The third-order valence-corrected chi connectivity index (χ3v) is 2.48. The Hall–Kier alpha value is -1.61. The molecule has 0 radical (unpaired) electrons. The maximum atomic E-state index is 10.4. The quantitative estimate of drug-likeness (QED) is 0.741. The monoisotopic (exact) mass is 233 g/mol. The summed E-state index contributed by atoms with van der Waals surface area (Å²) in [6.45, 7) is 4.53. The largest absolute Gasteiger partial charge is 0.478 e. The Labute approximate surface area is 102 Å². The van der Waals surface area contributed by atoms with E-state index in [0.717, 1.165) is 12.0 Å². The van der Waals surface area contributed by atoms with Crippen molar-refractivity contribution in [1.82, 2.24) is 5.32 Å². The number of aliphatic carboxylic acids is 1. The number of benzene rings is 1. The number of rotatable bonds is 6. The number of carboxylic acids is 1. The van der Waals surface area contributed by atoms with Crippen molar-refractivity contribution in [2.45, 2.75) is 26.3 Å². The molecular formula is C14H19NO2. The van der Waals surface area contributed by atoms with Crippen molar-refractivity contribution in [2.24, 2.45) is 0 Å². The molecule has 0 bridgehead atoms. The topological polar surface area (TPSA) is 49.3 Å². The zero-order valence-electron chi connectivity index (χ0n) is 10.3. The molecule has 0 aliphatic rings. The zero-order valence-corrected chi connectivity index (χ0v) is 10.3. The average molecular weight is 233 g/mol. The van der Waals surface area contributed by atoms with Crippen molar-refractivity contribution < 1.29 is 9.90 Å². The van der Waals surface area contributed by atoms with E-state index in [9.17, 15) is 4.79 Å². The molecule has 0 saturated carbocycles. The maximum absolute atomic E-state index is 10.4. The molecule has 1 aromatic rings. The number of hydrogen-bond donors (Lipinski definition) is 2. The third-order valence-electron chi connectivity index (χ3n) is 2.48. The van der Waals surface area contributed by atoms with Gasteiger partial charge in [-0.1, -0.05) is 35.9 Å². The summed E-state index contributed by atoms with van der Waals surface area (Å²) in [5.41, 5.74) is 2.12. The van der Waals surface area contributed by atoms with E-state index in [-0.39, 0.29) is 0 Å². The summed E-state index contributed by atoms with van der Waals surface area (Å²) in [4.78, 5) is 10.4. The van der Waals surface area contributed by atoms with Gasteiger partial charge in [-0.25, -0.2) is 4.79 Å². The summed E-state index contributed by atoms with van der Waals surface area (Å²) < 4.78 is 0. The molecule has 0 aromatic heterocycles. The third kappa shape index (κ3) is 5.88. The minimum atomic E-state index is -0.889. The second-order valence-electron chi connectivity index (χ2n) is 4.30. The lowest BCUT2D eigenvalue weighted by atomic mass is 10.1. The van der Waals surface area contributed by atoms with Gasteiger partial charge >= 0.3 is 5.97 Å². The van der Waals surface area contributed by atoms with Gasteiger partial charge < -0.3 is 10.4 Å². The number of carboxylic acid groups (broad SMARTS) is 1. The fourth-order valence-electron chi connectivity index (χ4n) is 1.64. The van der Waals surface area contributed by atoms with Gasteiger partial charge in [-0.2, -0.15) is 0 Å². The maximum Gasteiger partial charge on any atom is 0.328 e. The van der Waals surface area contributed by atoms with Gasteiger partial charge in [0, 0.05) is 18.7 Å². The molecule has 0 amide bonds. The van der Waals surface area contributed by atoms with Crippen molar-refractivity contribution in [2.75, 3.05) is 6.54 Å². The molecule has 2 N–H and O–H groups in total. The molecule has 1 aromatic carbocycles. The van der Waals surface area contributed by atoms with Crippen LogP contribution in [-0.4, -0.2) is 23.7 Å². The van der Waals surface area contributed by atoms with Gasteiger partial charge in [0.2, 0.25) is 0 Å². The summed E-state index contributed by atoms with van der Waals surface area (Å²) in [7, 11) is 0. The zero-order chi connectivity index (χ0) is 12.7. The fraction of sp³-hybridized carbons (Fsp3) is 0.357. The van der Waals surface area contributed by atoms with Crippen LogP contribution in [0.2, 0.25) is 0 Å². The van der Waals surface area contributed by atoms with Crippen molar-refractivity contribution >= 4 is 5.97 Å². The van der Waals surface area contributed by atoms with Gasteiger partial charge in [-0.05, 0) is 25.8 Å². The summed E-state index contributed by atoms with van der Waals surface area (Å²) in [5, 5.41) is 11.9. The molecule has 1 rings (SSSR count). The molecule has 0 heterocycles. The highest BCUT2D eigenvalue weighted by atomic mass is 16.4. The predicted octanol–water partition coefficient (Wildman–Crippen LogP) is 2.24. The molecule has 1 unspecified atom stereocenters. The van der Waals surface area contributed by atoms with Gasteiger partial charge in [0.05, 0.1) is 0 Å². The van der Waals surface area contributed by atoms with Gasteiger partial charge in [0.1, 0.15) is 0 Å². The Balaban J connectivity index is 2.36. The Morgan fingerprint density at radius 3 is 2.65 bits per heavy atom. The lowest BCUT2D eigenvalue weighted by Crippen LogP contribution is -2.29. The summed E-state index contributed by atoms with van der Waals surface area (Å²) in [6, 6.07) is 10.6. The van der Waals surface area contributed by atoms with Gasteiger partial charge in [-0.3, -0.25) is 0 Å². The van der Waals surface area contributed by atoms with E-state index < -0.39 is 5.97 Å². The lowest BCUT2D eigenvalue weighted by Gasteiger charge is -2.13. The lowest BCUT2D eigenvalue weighted by molar-refractivity contribution is -0.131. The predicted molar refractivity (Wildman–Crippen MR) is 69.0 cm³/mol. The standard InChI is InChI=1S/C14H19NO2/c1-11(8-14(16)17)10-15-12(2)9-13-6-4-3-5-7-13/h3-8,12,15H,9-10H2,1-2H3,(H,16,17)/b11-8+. The van der Waals surface area contributed by atoms with E-state index >= 15 is 0 Å². The first kappa shape index (κ1) is 13.5. The van der Waals surface area contributed by atoms with Crippen LogP contribution in [0.5, 0.6) is 0 Å². The summed E-state index contributed by atoms with van der Waals surface area (Å²) >= 11 is 0.